The van der Waals surface area contributed by atoms with Gasteiger partial charge < -0.3 is 14.4 Å². The molecule has 0 N–H and O–H groups in total. The maximum atomic E-state index is 11.8. The van der Waals surface area contributed by atoms with Gasteiger partial charge in [0.15, 0.2) is 0 Å². The molecule has 0 aromatic heterocycles. The van der Waals surface area contributed by atoms with Gasteiger partial charge in [0.05, 0.1) is 6.10 Å². The summed E-state index contributed by atoms with van der Waals surface area (Å²) in [4.78, 5) is 13.5. The van der Waals surface area contributed by atoms with Gasteiger partial charge in [0.25, 0.3) is 0 Å². The Morgan fingerprint density at radius 2 is 1.94 bits per heavy atom. The Bertz CT molecular complexity index is 245. The van der Waals surface area contributed by atoms with Crippen LogP contribution in [0, 0.1) is 0 Å². The predicted octanol–water partition coefficient (Wildman–Crippen LogP) is 2.57. The normalized spacial score (nSPS) is 25.8. The van der Waals surface area contributed by atoms with Gasteiger partial charge in [-0.05, 0) is 44.9 Å². The van der Waals surface area contributed by atoms with Crippen molar-refractivity contribution in [1.82, 2.24) is 4.90 Å². The maximum Gasteiger partial charge on any atom is 0.409 e. The van der Waals surface area contributed by atoms with Crippen LogP contribution in [-0.4, -0.2) is 43.4 Å². The molecule has 0 bridgehead atoms. The van der Waals surface area contributed by atoms with Crippen LogP contribution >= 0.6 is 0 Å². The number of carbonyl (C=O) groups is 1. The first-order valence-corrected chi connectivity index (χ1v) is 6.79. The fourth-order valence-corrected chi connectivity index (χ4v) is 2.57. The van der Waals surface area contributed by atoms with Gasteiger partial charge in [-0.1, -0.05) is 0 Å². The second kappa shape index (κ2) is 6.24. The highest BCUT2D eigenvalue weighted by molar-refractivity contribution is 5.67. The maximum absolute atomic E-state index is 11.8. The molecule has 2 aliphatic rings. The lowest BCUT2D eigenvalue weighted by molar-refractivity contribution is -0.00621. The van der Waals surface area contributed by atoms with Crippen molar-refractivity contribution in [2.75, 3.05) is 20.2 Å². The Hall–Kier alpha value is -0.770. The van der Waals surface area contributed by atoms with Gasteiger partial charge in [-0.2, -0.15) is 0 Å². The summed E-state index contributed by atoms with van der Waals surface area (Å²) in [5.74, 6) is 0. The minimum absolute atomic E-state index is 0.150. The third-order valence-electron chi connectivity index (χ3n) is 3.63. The van der Waals surface area contributed by atoms with E-state index in [1.807, 2.05) is 0 Å². The number of amides is 1. The highest BCUT2D eigenvalue weighted by Gasteiger charge is 2.23. The minimum Gasteiger partial charge on any atom is -0.446 e. The molecule has 17 heavy (non-hydrogen) atoms. The third-order valence-corrected chi connectivity index (χ3v) is 3.63. The zero-order valence-electron chi connectivity index (χ0n) is 10.7. The summed E-state index contributed by atoms with van der Waals surface area (Å²) in [5.41, 5.74) is 0. The van der Waals surface area contributed by atoms with E-state index in [1.165, 1.54) is 19.3 Å². The number of rotatable bonds is 3. The van der Waals surface area contributed by atoms with E-state index < -0.39 is 0 Å². The lowest BCUT2D eigenvalue weighted by Gasteiger charge is -2.27. The molecule has 0 spiro atoms. The topological polar surface area (TPSA) is 38.8 Å². The van der Waals surface area contributed by atoms with Gasteiger partial charge >= 0.3 is 6.09 Å². The van der Waals surface area contributed by atoms with Crippen molar-refractivity contribution < 1.29 is 14.3 Å². The number of nitrogens with zero attached hydrogens (tertiary/aromatic N) is 1. The van der Waals surface area contributed by atoms with Gasteiger partial charge in [0.1, 0.15) is 6.10 Å². The highest BCUT2D eigenvalue weighted by Crippen LogP contribution is 2.22. The first-order chi connectivity index (χ1) is 8.25. The number of carbonyl (C=O) groups excluding carboxylic acids is 1. The molecule has 98 valence electrons. The average Bonchev–Trinajstić information content (AvgIpc) is 2.83. The van der Waals surface area contributed by atoms with E-state index in [2.05, 4.69) is 0 Å². The molecule has 0 radical (unpaired) electrons. The molecule has 1 amide bonds. The summed E-state index contributed by atoms with van der Waals surface area (Å²) >= 11 is 0. The van der Waals surface area contributed by atoms with Crippen molar-refractivity contribution in [3.8, 4) is 0 Å². The second-order valence-corrected chi connectivity index (χ2v) is 5.16. The molecule has 0 aromatic carbocycles. The molecule has 2 rings (SSSR count). The van der Waals surface area contributed by atoms with Gasteiger partial charge in [-0.15, -0.1) is 0 Å². The Balaban J connectivity index is 1.70. The molecule has 1 aliphatic carbocycles. The summed E-state index contributed by atoms with van der Waals surface area (Å²) in [7, 11) is 1.80. The molecule has 4 nitrogen and oxygen atoms in total. The molecule has 1 heterocycles. The monoisotopic (exact) mass is 241 g/mol. The Kier molecular flexibility index (Phi) is 4.66. The summed E-state index contributed by atoms with van der Waals surface area (Å²) < 4.78 is 11.1. The van der Waals surface area contributed by atoms with Crippen molar-refractivity contribution in [3.63, 3.8) is 0 Å². The van der Waals surface area contributed by atoms with Crippen LogP contribution in [0.25, 0.3) is 0 Å². The number of likely N-dealkylation sites (N-methyl/N-ethyl adjacent to an activating group) is 1. The van der Waals surface area contributed by atoms with E-state index >= 15 is 0 Å². The molecule has 1 aliphatic heterocycles. The van der Waals surface area contributed by atoms with Crippen LogP contribution in [0.2, 0.25) is 0 Å². The second-order valence-electron chi connectivity index (χ2n) is 5.16. The fraction of sp³-hybridized carbons (Fsp3) is 0.923. The SMILES string of the molecule is CN(CC1CCCCO1)C(=O)OC1CCCC1. The highest BCUT2D eigenvalue weighted by atomic mass is 16.6. The Morgan fingerprint density at radius 1 is 1.24 bits per heavy atom. The fourth-order valence-electron chi connectivity index (χ4n) is 2.57. The largest absolute Gasteiger partial charge is 0.446 e. The molecule has 1 unspecified atom stereocenters. The lowest BCUT2D eigenvalue weighted by atomic mass is 10.1. The standard InChI is InChI=1S/C13H23NO3/c1-14(10-12-8-4-5-9-16-12)13(15)17-11-6-2-3-7-11/h11-12H,2-10H2,1H3. The summed E-state index contributed by atoms with van der Waals surface area (Å²) in [6.45, 7) is 1.49. The Labute approximate surface area is 103 Å². The number of hydrogen-bond acceptors (Lipinski definition) is 3. The smallest absolute Gasteiger partial charge is 0.409 e. The molecule has 1 saturated carbocycles. The van der Waals surface area contributed by atoms with Crippen LogP contribution in [0.4, 0.5) is 4.79 Å². The van der Waals surface area contributed by atoms with Crippen LogP contribution in [0.3, 0.4) is 0 Å². The van der Waals surface area contributed by atoms with E-state index in [0.29, 0.717) is 6.54 Å². The molecule has 4 heteroatoms. The van der Waals surface area contributed by atoms with Crippen molar-refractivity contribution >= 4 is 6.09 Å². The first-order valence-electron chi connectivity index (χ1n) is 6.79. The van der Waals surface area contributed by atoms with Gasteiger partial charge in [0.2, 0.25) is 0 Å². The van der Waals surface area contributed by atoms with Crippen molar-refractivity contribution in [2.24, 2.45) is 0 Å². The lowest BCUT2D eigenvalue weighted by Crippen LogP contribution is -2.38. The van der Waals surface area contributed by atoms with Crippen molar-refractivity contribution in [1.29, 1.82) is 0 Å². The van der Waals surface area contributed by atoms with E-state index in [0.717, 1.165) is 32.3 Å². The third kappa shape index (κ3) is 3.87. The Morgan fingerprint density at radius 3 is 2.59 bits per heavy atom. The van der Waals surface area contributed by atoms with Gasteiger partial charge in [-0.25, -0.2) is 4.79 Å². The molecule has 2 fully saturated rings. The minimum atomic E-state index is -0.189. The zero-order chi connectivity index (χ0) is 12.1. The molecule has 1 atom stereocenters. The number of hydrogen-bond donors (Lipinski definition) is 0. The van der Waals surface area contributed by atoms with Crippen LogP contribution in [0.15, 0.2) is 0 Å². The summed E-state index contributed by atoms with van der Waals surface area (Å²) in [6, 6.07) is 0. The first kappa shape index (κ1) is 12.7. The van der Waals surface area contributed by atoms with E-state index in [1.54, 1.807) is 11.9 Å². The predicted molar refractivity (Wildman–Crippen MR) is 65.0 cm³/mol. The van der Waals surface area contributed by atoms with Crippen molar-refractivity contribution in [3.05, 3.63) is 0 Å². The van der Waals surface area contributed by atoms with Gasteiger partial charge in [-0.3, -0.25) is 0 Å². The van der Waals surface area contributed by atoms with Crippen LogP contribution in [0.1, 0.15) is 44.9 Å². The quantitative estimate of drug-likeness (QED) is 0.762. The molecule has 0 aromatic rings. The van der Waals surface area contributed by atoms with Crippen molar-refractivity contribution in [2.45, 2.75) is 57.2 Å². The van der Waals surface area contributed by atoms with E-state index in [4.69, 9.17) is 9.47 Å². The van der Waals surface area contributed by atoms with E-state index in [9.17, 15) is 4.79 Å². The zero-order valence-corrected chi connectivity index (χ0v) is 10.7. The van der Waals surface area contributed by atoms with Crippen LogP contribution in [0.5, 0.6) is 0 Å². The molecule has 1 saturated heterocycles. The number of ether oxygens (including phenoxy) is 2. The molecular formula is C13H23NO3. The molecular weight excluding hydrogens is 218 g/mol. The van der Waals surface area contributed by atoms with E-state index in [-0.39, 0.29) is 18.3 Å². The summed E-state index contributed by atoms with van der Waals surface area (Å²) in [5, 5.41) is 0. The average molecular weight is 241 g/mol. The van der Waals surface area contributed by atoms with Crippen LogP contribution in [-0.2, 0) is 9.47 Å². The van der Waals surface area contributed by atoms with Crippen LogP contribution < -0.4 is 0 Å². The summed E-state index contributed by atoms with van der Waals surface area (Å²) in [6.07, 6.45) is 8.00. The van der Waals surface area contributed by atoms with Gasteiger partial charge in [0, 0.05) is 20.2 Å².